The average Bonchev–Trinajstić information content (AvgIpc) is 3.10. The lowest BCUT2D eigenvalue weighted by Crippen LogP contribution is -2.44. The van der Waals surface area contributed by atoms with E-state index in [1.54, 1.807) is 19.2 Å². The molecule has 1 aromatic rings. The Bertz CT molecular complexity index is 614. The predicted octanol–water partition coefficient (Wildman–Crippen LogP) is 2.85. The molecular weight excluding hydrogens is 326 g/mol. The summed E-state index contributed by atoms with van der Waals surface area (Å²) in [6, 6.07) is 7.17. The van der Waals surface area contributed by atoms with Gasteiger partial charge in [-0.15, -0.1) is 0 Å². The monoisotopic (exact) mass is 349 g/mol. The van der Waals surface area contributed by atoms with Crippen molar-refractivity contribution in [3.63, 3.8) is 0 Å². The van der Waals surface area contributed by atoms with E-state index in [0.29, 0.717) is 22.4 Å². The smallest absolute Gasteiger partial charge is 0.317 e. The number of likely N-dealkylation sites (tertiary alicyclic amines) is 2. The lowest BCUT2D eigenvalue weighted by Gasteiger charge is -2.34. The van der Waals surface area contributed by atoms with E-state index in [1.165, 1.54) is 0 Å². The minimum Gasteiger partial charge on any atom is -0.341 e. The Morgan fingerprint density at radius 3 is 2.42 bits per heavy atom. The van der Waals surface area contributed by atoms with Crippen molar-refractivity contribution in [2.75, 3.05) is 33.2 Å². The molecule has 1 N–H and O–H groups in total. The Kier molecular flexibility index (Phi) is 5.29. The normalized spacial score (nSPS) is 21.8. The first-order valence-corrected chi connectivity index (χ1v) is 8.98. The van der Waals surface area contributed by atoms with Gasteiger partial charge in [0.25, 0.3) is 5.91 Å². The minimum atomic E-state index is 0.0117. The maximum absolute atomic E-state index is 12.6. The van der Waals surface area contributed by atoms with Crippen LogP contribution in [0.1, 0.15) is 29.6 Å². The molecule has 2 aliphatic rings. The number of carbonyl (C=O) groups excluding carboxylic acids is 2. The summed E-state index contributed by atoms with van der Waals surface area (Å²) in [6.45, 7) is 3.24. The van der Waals surface area contributed by atoms with E-state index < -0.39 is 0 Å². The van der Waals surface area contributed by atoms with Gasteiger partial charge in [0.2, 0.25) is 0 Å². The van der Waals surface area contributed by atoms with Crippen LogP contribution in [0.25, 0.3) is 0 Å². The SMILES string of the molecule is CNC(=O)N1CCC(C2CCN(C(=O)c3cccc(Cl)c3)C2)CC1. The summed E-state index contributed by atoms with van der Waals surface area (Å²) < 4.78 is 0. The van der Waals surface area contributed by atoms with Gasteiger partial charge in [0, 0.05) is 43.8 Å². The fraction of sp³-hybridized carbons (Fsp3) is 0.556. The zero-order chi connectivity index (χ0) is 17.1. The molecule has 0 bridgehead atoms. The standard InChI is InChI=1S/C18H24ClN3O2/c1-20-18(24)21-8-5-13(6-9-21)15-7-10-22(12-15)17(23)14-3-2-4-16(19)11-14/h2-4,11,13,15H,5-10,12H2,1H3,(H,20,24). The average molecular weight is 350 g/mol. The quantitative estimate of drug-likeness (QED) is 0.892. The van der Waals surface area contributed by atoms with Gasteiger partial charge in [-0.2, -0.15) is 0 Å². The molecule has 5 nitrogen and oxygen atoms in total. The molecule has 130 valence electrons. The van der Waals surface area contributed by atoms with Gasteiger partial charge in [0.05, 0.1) is 0 Å². The molecule has 2 saturated heterocycles. The van der Waals surface area contributed by atoms with Crippen molar-refractivity contribution < 1.29 is 9.59 Å². The molecule has 2 aliphatic heterocycles. The van der Waals surface area contributed by atoms with Crippen molar-refractivity contribution in [3.05, 3.63) is 34.9 Å². The van der Waals surface area contributed by atoms with Gasteiger partial charge in [-0.1, -0.05) is 17.7 Å². The third-order valence-corrected chi connectivity index (χ3v) is 5.53. The van der Waals surface area contributed by atoms with Crippen LogP contribution in [0.3, 0.4) is 0 Å². The molecular formula is C18H24ClN3O2. The molecule has 1 atom stereocenters. The summed E-state index contributed by atoms with van der Waals surface area (Å²) in [7, 11) is 1.67. The van der Waals surface area contributed by atoms with Gasteiger partial charge in [-0.3, -0.25) is 4.79 Å². The maximum Gasteiger partial charge on any atom is 0.317 e. The van der Waals surface area contributed by atoms with Crippen LogP contribution in [0.2, 0.25) is 5.02 Å². The van der Waals surface area contributed by atoms with Crippen LogP contribution in [0.4, 0.5) is 4.79 Å². The second kappa shape index (κ2) is 7.43. The summed E-state index contributed by atoms with van der Waals surface area (Å²) in [6.07, 6.45) is 3.10. The molecule has 2 heterocycles. The highest BCUT2D eigenvalue weighted by atomic mass is 35.5. The van der Waals surface area contributed by atoms with Gasteiger partial charge < -0.3 is 15.1 Å². The van der Waals surface area contributed by atoms with Crippen molar-refractivity contribution in [2.45, 2.75) is 19.3 Å². The van der Waals surface area contributed by atoms with E-state index in [9.17, 15) is 9.59 Å². The molecule has 3 amide bonds. The number of urea groups is 1. The molecule has 6 heteroatoms. The van der Waals surface area contributed by atoms with Gasteiger partial charge in [0.15, 0.2) is 0 Å². The second-order valence-electron chi connectivity index (χ2n) is 6.69. The zero-order valence-electron chi connectivity index (χ0n) is 14.0. The number of halogens is 1. The second-order valence-corrected chi connectivity index (χ2v) is 7.13. The van der Waals surface area contributed by atoms with Crippen LogP contribution in [0.15, 0.2) is 24.3 Å². The van der Waals surface area contributed by atoms with Gasteiger partial charge >= 0.3 is 6.03 Å². The first kappa shape index (κ1) is 17.1. The number of amides is 3. The molecule has 0 saturated carbocycles. The minimum absolute atomic E-state index is 0.0117. The molecule has 0 aliphatic carbocycles. The van der Waals surface area contributed by atoms with Crippen LogP contribution >= 0.6 is 11.6 Å². The Labute approximate surface area is 147 Å². The fourth-order valence-electron chi connectivity index (χ4n) is 3.89. The van der Waals surface area contributed by atoms with E-state index >= 15 is 0 Å². The van der Waals surface area contributed by atoms with Crippen LogP contribution in [-0.4, -0.2) is 55.0 Å². The number of rotatable bonds is 2. The van der Waals surface area contributed by atoms with Gasteiger partial charge in [0.1, 0.15) is 0 Å². The molecule has 0 spiro atoms. The topological polar surface area (TPSA) is 52.7 Å². The van der Waals surface area contributed by atoms with Crippen molar-refractivity contribution in [1.82, 2.24) is 15.1 Å². The lowest BCUT2D eigenvalue weighted by atomic mass is 9.84. The number of carbonyl (C=O) groups is 2. The van der Waals surface area contributed by atoms with Crippen molar-refractivity contribution >= 4 is 23.5 Å². The van der Waals surface area contributed by atoms with E-state index in [1.807, 2.05) is 21.9 Å². The first-order valence-electron chi connectivity index (χ1n) is 8.60. The number of nitrogens with zero attached hydrogens (tertiary/aromatic N) is 2. The lowest BCUT2D eigenvalue weighted by molar-refractivity contribution is 0.0777. The van der Waals surface area contributed by atoms with Crippen LogP contribution in [-0.2, 0) is 0 Å². The van der Waals surface area contributed by atoms with Crippen LogP contribution in [0, 0.1) is 11.8 Å². The summed E-state index contributed by atoms with van der Waals surface area (Å²) >= 11 is 5.99. The number of benzene rings is 1. The molecule has 3 rings (SSSR count). The number of nitrogens with one attached hydrogen (secondary N) is 1. The Hall–Kier alpha value is -1.75. The predicted molar refractivity (Wildman–Crippen MR) is 94.2 cm³/mol. The van der Waals surface area contributed by atoms with Crippen molar-refractivity contribution in [3.8, 4) is 0 Å². The van der Waals surface area contributed by atoms with E-state index in [2.05, 4.69) is 5.32 Å². The van der Waals surface area contributed by atoms with Gasteiger partial charge in [-0.05, 0) is 49.3 Å². The number of hydrogen-bond acceptors (Lipinski definition) is 2. The summed E-state index contributed by atoms with van der Waals surface area (Å²) in [4.78, 5) is 28.1. The third-order valence-electron chi connectivity index (χ3n) is 5.29. The van der Waals surface area contributed by atoms with Gasteiger partial charge in [-0.25, -0.2) is 4.79 Å². The van der Waals surface area contributed by atoms with Crippen molar-refractivity contribution in [1.29, 1.82) is 0 Å². The third kappa shape index (κ3) is 3.66. The van der Waals surface area contributed by atoms with E-state index in [0.717, 1.165) is 45.4 Å². The molecule has 1 aromatic carbocycles. The molecule has 0 radical (unpaired) electrons. The largest absolute Gasteiger partial charge is 0.341 e. The summed E-state index contributed by atoms with van der Waals surface area (Å²) in [5.41, 5.74) is 0.664. The molecule has 24 heavy (non-hydrogen) atoms. The van der Waals surface area contributed by atoms with Crippen molar-refractivity contribution in [2.24, 2.45) is 11.8 Å². The Balaban J connectivity index is 1.54. The summed E-state index contributed by atoms with van der Waals surface area (Å²) in [5.74, 6) is 1.21. The number of piperidine rings is 1. The highest BCUT2D eigenvalue weighted by molar-refractivity contribution is 6.30. The first-order chi connectivity index (χ1) is 11.6. The fourth-order valence-corrected chi connectivity index (χ4v) is 4.08. The maximum atomic E-state index is 12.6. The molecule has 2 fully saturated rings. The van der Waals surface area contributed by atoms with Crippen LogP contribution < -0.4 is 5.32 Å². The van der Waals surface area contributed by atoms with Crippen LogP contribution in [0.5, 0.6) is 0 Å². The summed E-state index contributed by atoms with van der Waals surface area (Å²) in [5, 5.41) is 3.28. The Morgan fingerprint density at radius 2 is 1.75 bits per heavy atom. The molecule has 0 aromatic heterocycles. The van der Waals surface area contributed by atoms with E-state index in [-0.39, 0.29) is 11.9 Å². The molecule has 1 unspecified atom stereocenters. The van der Waals surface area contributed by atoms with E-state index in [4.69, 9.17) is 11.6 Å². The Morgan fingerprint density at radius 1 is 1.08 bits per heavy atom. The highest BCUT2D eigenvalue weighted by Crippen LogP contribution is 2.32. The number of hydrogen-bond donors (Lipinski definition) is 1. The highest BCUT2D eigenvalue weighted by Gasteiger charge is 2.34. The zero-order valence-corrected chi connectivity index (χ0v) is 14.8.